The lowest BCUT2D eigenvalue weighted by Crippen LogP contribution is -2.54. The molecule has 0 radical (unpaired) electrons. The second kappa shape index (κ2) is 14.0. The highest BCUT2D eigenvalue weighted by molar-refractivity contribution is 5.92. The minimum absolute atomic E-state index is 0.143. The second-order valence-corrected chi connectivity index (χ2v) is 10.7. The summed E-state index contributed by atoms with van der Waals surface area (Å²) in [4.78, 5) is 50.4. The summed E-state index contributed by atoms with van der Waals surface area (Å²) < 4.78 is 15.9. The van der Waals surface area contributed by atoms with Crippen LogP contribution < -0.4 is 16.0 Å². The number of methoxy groups -OCH3 is 1. The molecule has 1 aromatic carbocycles. The molecule has 0 aromatic heterocycles. The summed E-state index contributed by atoms with van der Waals surface area (Å²) in [6, 6.07) is 7.56. The predicted molar refractivity (Wildman–Crippen MR) is 138 cm³/mol. The molecule has 2 rings (SSSR count). The first-order valence-corrected chi connectivity index (χ1v) is 12.7. The van der Waals surface area contributed by atoms with Gasteiger partial charge in [-0.1, -0.05) is 44.2 Å². The highest BCUT2D eigenvalue weighted by Gasteiger charge is 2.34. The molecule has 3 amide bonds. The molecule has 0 bridgehead atoms. The molecule has 0 saturated carbocycles. The summed E-state index contributed by atoms with van der Waals surface area (Å²) in [6.07, 6.45) is 0.00691. The molecule has 1 heterocycles. The van der Waals surface area contributed by atoms with Gasteiger partial charge in [0.25, 0.3) is 0 Å². The molecule has 1 saturated heterocycles. The van der Waals surface area contributed by atoms with Gasteiger partial charge < -0.3 is 30.2 Å². The van der Waals surface area contributed by atoms with E-state index in [0.717, 1.165) is 5.56 Å². The normalized spacial score (nSPS) is 19.0. The van der Waals surface area contributed by atoms with Crippen LogP contribution in [0, 0.1) is 5.92 Å². The Kier molecular flexibility index (Phi) is 11.4. The number of amides is 3. The van der Waals surface area contributed by atoms with Gasteiger partial charge in [-0.15, -0.1) is 0 Å². The van der Waals surface area contributed by atoms with E-state index in [1.807, 2.05) is 44.2 Å². The lowest BCUT2D eigenvalue weighted by Gasteiger charge is -2.24. The van der Waals surface area contributed by atoms with Gasteiger partial charge in [0.1, 0.15) is 23.8 Å². The summed E-state index contributed by atoms with van der Waals surface area (Å²) in [5.74, 6) is -1.29. The van der Waals surface area contributed by atoms with Crippen LogP contribution >= 0.6 is 0 Å². The zero-order valence-electron chi connectivity index (χ0n) is 22.7. The van der Waals surface area contributed by atoms with Crippen molar-refractivity contribution >= 4 is 23.9 Å². The van der Waals surface area contributed by atoms with Crippen molar-refractivity contribution in [3.05, 3.63) is 35.9 Å². The maximum absolute atomic E-state index is 13.2. The Labute approximate surface area is 219 Å². The Hall–Kier alpha value is -3.14. The maximum atomic E-state index is 13.2. The molecule has 1 aromatic rings. The maximum Gasteiger partial charge on any atom is 0.407 e. The molecular formula is C27H41N3O7. The summed E-state index contributed by atoms with van der Waals surface area (Å²) >= 11 is 0. The Morgan fingerprint density at radius 2 is 1.70 bits per heavy atom. The van der Waals surface area contributed by atoms with Crippen LogP contribution in [0.1, 0.15) is 59.4 Å². The van der Waals surface area contributed by atoms with Gasteiger partial charge in [-0.3, -0.25) is 9.59 Å². The molecule has 10 heteroatoms. The van der Waals surface area contributed by atoms with Crippen LogP contribution in [-0.4, -0.2) is 67.4 Å². The zero-order valence-corrected chi connectivity index (χ0v) is 22.7. The number of hydrogen-bond donors (Lipinski definition) is 3. The minimum atomic E-state index is -0.920. The van der Waals surface area contributed by atoms with E-state index in [2.05, 4.69) is 16.0 Å². The van der Waals surface area contributed by atoms with Crippen LogP contribution in [0.25, 0.3) is 0 Å². The SMILES string of the molecule is COC(=O)[C@H](CC(C)C)NC(=O)[C@H](Cc1ccccc1)NC(=O)[C@H]1CC[C@H](CNC(=O)OC(C)(C)C)O1. The first kappa shape index (κ1) is 30.1. The smallest absolute Gasteiger partial charge is 0.407 e. The van der Waals surface area contributed by atoms with Crippen LogP contribution in [0.15, 0.2) is 30.3 Å². The molecule has 1 fully saturated rings. The molecule has 206 valence electrons. The average molecular weight is 520 g/mol. The number of nitrogens with one attached hydrogen (secondary N) is 3. The number of carbonyl (C=O) groups excluding carboxylic acids is 4. The van der Waals surface area contributed by atoms with Crippen molar-refractivity contribution in [3.63, 3.8) is 0 Å². The van der Waals surface area contributed by atoms with Crippen LogP contribution in [0.4, 0.5) is 4.79 Å². The third-order valence-corrected chi connectivity index (χ3v) is 5.70. The van der Waals surface area contributed by atoms with E-state index in [-0.39, 0.29) is 25.0 Å². The van der Waals surface area contributed by atoms with Gasteiger partial charge in [-0.05, 0) is 51.5 Å². The average Bonchev–Trinajstić information content (AvgIpc) is 3.30. The number of benzene rings is 1. The van der Waals surface area contributed by atoms with Gasteiger partial charge in [0.15, 0.2) is 0 Å². The lowest BCUT2D eigenvalue weighted by molar-refractivity contribution is -0.146. The van der Waals surface area contributed by atoms with Gasteiger partial charge in [0, 0.05) is 13.0 Å². The van der Waals surface area contributed by atoms with Crippen molar-refractivity contribution in [3.8, 4) is 0 Å². The first-order valence-electron chi connectivity index (χ1n) is 12.7. The molecule has 1 aliphatic heterocycles. The summed E-state index contributed by atoms with van der Waals surface area (Å²) in [5, 5.41) is 8.20. The van der Waals surface area contributed by atoms with Crippen molar-refractivity contribution in [2.24, 2.45) is 5.92 Å². The molecule has 0 spiro atoms. The van der Waals surface area contributed by atoms with E-state index in [1.54, 1.807) is 20.8 Å². The Morgan fingerprint density at radius 1 is 1.03 bits per heavy atom. The topological polar surface area (TPSA) is 132 Å². The van der Waals surface area contributed by atoms with E-state index < -0.39 is 47.7 Å². The lowest BCUT2D eigenvalue weighted by atomic mass is 10.0. The quantitative estimate of drug-likeness (QED) is 0.383. The number of esters is 1. The van der Waals surface area contributed by atoms with Crippen LogP contribution in [0.2, 0.25) is 0 Å². The van der Waals surface area contributed by atoms with Crippen molar-refractivity contribution < 1.29 is 33.4 Å². The third kappa shape index (κ3) is 10.8. The van der Waals surface area contributed by atoms with E-state index in [4.69, 9.17) is 14.2 Å². The van der Waals surface area contributed by atoms with E-state index in [9.17, 15) is 19.2 Å². The number of alkyl carbamates (subject to hydrolysis) is 1. The Bertz CT molecular complexity index is 914. The van der Waals surface area contributed by atoms with E-state index in [1.165, 1.54) is 7.11 Å². The van der Waals surface area contributed by atoms with Gasteiger partial charge in [0.05, 0.1) is 13.2 Å². The van der Waals surface area contributed by atoms with Crippen LogP contribution in [0.3, 0.4) is 0 Å². The van der Waals surface area contributed by atoms with Gasteiger partial charge in [-0.2, -0.15) is 0 Å². The zero-order chi connectivity index (χ0) is 27.6. The fourth-order valence-corrected chi connectivity index (χ4v) is 3.98. The van der Waals surface area contributed by atoms with Crippen LogP contribution in [-0.2, 0) is 35.0 Å². The Morgan fingerprint density at radius 3 is 2.30 bits per heavy atom. The van der Waals surface area contributed by atoms with Crippen molar-refractivity contribution in [1.82, 2.24) is 16.0 Å². The fourth-order valence-electron chi connectivity index (χ4n) is 3.98. The Balaban J connectivity index is 2.02. The molecule has 0 unspecified atom stereocenters. The van der Waals surface area contributed by atoms with E-state index in [0.29, 0.717) is 19.3 Å². The van der Waals surface area contributed by atoms with Crippen molar-refractivity contribution in [2.45, 2.75) is 90.2 Å². The summed E-state index contributed by atoms with van der Waals surface area (Å²) in [6.45, 7) is 9.42. The number of rotatable bonds is 11. The highest BCUT2D eigenvalue weighted by atomic mass is 16.6. The standard InChI is InChI=1S/C27H41N3O7/c1-17(2)14-21(25(33)35-6)30-23(31)20(15-18-10-8-7-9-11-18)29-24(32)22-13-12-19(36-22)16-28-26(34)37-27(3,4)5/h7-11,17,19-22H,12-16H2,1-6H3,(H,28,34)(H,29,32)(H,30,31)/t19-,20+,21+,22-/m1/s1. The fraction of sp³-hybridized carbons (Fsp3) is 0.630. The first-order chi connectivity index (χ1) is 17.4. The van der Waals surface area contributed by atoms with E-state index >= 15 is 0 Å². The highest BCUT2D eigenvalue weighted by Crippen LogP contribution is 2.20. The summed E-state index contributed by atoms with van der Waals surface area (Å²) in [7, 11) is 1.27. The molecule has 3 N–H and O–H groups in total. The molecular weight excluding hydrogens is 478 g/mol. The molecule has 10 nitrogen and oxygen atoms in total. The van der Waals surface area contributed by atoms with Gasteiger partial charge in [0.2, 0.25) is 11.8 Å². The molecule has 1 aliphatic rings. The molecule has 4 atom stereocenters. The summed E-state index contributed by atoms with van der Waals surface area (Å²) in [5.41, 5.74) is 0.243. The largest absolute Gasteiger partial charge is 0.467 e. The monoisotopic (exact) mass is 519 g/mol. The number of hydrogen-bond acceptors (Lipinski definition) is 7. The number of carbonyl (C=O) groups is 4. The third-order valence-electron chi connectivity index (χ3n) is 5.70. The van der Waals surface area contributed by atoms with Crippen molar-refractivity contribution in [1.29, 1.82) is 0 Å². The number of ether oxygens (including phenoxy) is 3. The molecule has 37 heavy (non-hydrogen) atoms. The second-order valence-electron chi connectivity index (χ2n) is 10.7. The molecule has 0 aliphatic carbocycles. The van der Waals surface area contributed by atoms with Crippen molar-refractivity contribution in [2.75, 3.05) is 13.7 Å². The van der Waals surface area contributed by atoms with Crippen LogP contribution in [0.5, 0.6) is 0 Å². The van der Waals surface area contributed by atoms with Gasteiger partial charge in [-0.25, -0.2) is 9.59 Å². The van der Waals surface area contributed by atoms with Gasteiger partial charge >= 0.3 is 12.1 Å². The minimum Gasteiger partial charge on any atom is -0.467 e. The predicted octanol–water partition coefficient (Wildman–Crippen LogP) is 2.49.